The van der Waals surface area contributed by atoms with E-state index in [-0.39, 0.29) is 5.54 Å². The maximum Gasteiger partial charge on any atom is 0.0588 e. The van der Waals surface area contributed by atoms with E-state index >= 15 is 0 Å². The van der Waals surface area contributed by atoms with Crippen LogP contribution in [0.2, 0.25) is 0 Å². The molecule has 0 aromatic heterocycles. The van der Waals surface area contributed by atoms with Crippen molar-refractivity contribution in [1.29, 1.82) is 0 Å². The molecule has 1 atom stereocenters. The second kappa shape index (κ2) is 7.61. The van der Waals surface area contributed by atoms with Crippen molar-refractivity contribution in [3.63, 3.8) is 0 Å². The first-order valence-electron chi connectivity index (χ1n) is 8.37. The monoisotopic (exact) mass is 268 g/mol. The van der Waals surface area contributed by atoms with E-state index in [1.54, 1.807) is 0 Å². The van der Waals surface area contributed by atoms with Gasteiger partial charge >= 0.3 is 0 Å². The van der Waals surface area contributed by atoms with Gasteiger partial charge in [-0.2, -0.15) is 0 Å². The van der Waals surface area contributed by atoms with Gasteiger partial charge in [-0.15, -0.1) is 0 Å². The molecular formula is C16H32N2O. The lowest BCUT2D eigenvalue weighted by Crippen LogP contribution is -2.54. The highest BCUT2D eigenvalue weighted by atomic mass is 16.5. The van der Waals surface area contributed by atoms with Crippen LogP contribution in [0.25, 0.3) is 0 Å². The standard InChI is InChI=1S/C16H32N2O/c1-2-18(12-9-15-8-7-13-19-15)16(14-17)10-5-3-4-6-11-16/h15H,2-14,17H2,1H3. The van der Waals surface area contributed by atoms with Crippen LogP contribution in [0.3, 0.4) is 0 Å². The number of likely N-dealkylation sites (N-methyl/N-ethyl adjacent to an activating group) is 1. The zero-order chi connectivity index (χ0) is 13.6. The lowest BCUT2D eigenvalue weighted by Gasteiger charge is -2.43. The highest BCUT2D eigenvalue weighted by molar-refractivity contribution is 4.93. The Bertz CT molecular complexity index is 243. The van der Waals surface area contributed by atoms with Gasteiger partial charge in [0.25, 0.3) is 0 Å². The van der Waals surface area contributed by atoms with E-state index in [0.717, 1.165) is 19.7 Å². The molecule has 3 heteroatoms. The van der Waals surface area contributed by atoms with Gasteiger partial charge in [0.15, 0.2) is 0 Å². The molecule has 3 nitrogen and oxygen atoms in total. The molecule has 1 aliphatic heterocycles. The molecule has 1 saturated heterocycles. The fourth-order valence-electron chi connectivity index (χ4n) is 3.94. The van der Waals surface area contributed by atoms with Crippen molar-refractivity contribution >= 4 is 0 Å². The number of nitrogens with two attached hydrogens (primary N) is 1. The highest BCUT2D eigenvalue weighted by Crippen LogP contribution is 2.32. The van der Waals surface area contributed by atoms with Crippen LogP contribution in [-0.2, 0) is 4.74 Å². The van der Waals surface area contributed by atoms with Crippen molar-refractivity contribution in [3.05, 3.63) is 0 Å². The average molecular weight is 268 g/mol. The van der Waals surface area contributed by atoms with Crippen molar-refractivity contribution in [1.82, 2.24) is 4.90 Å². The molecule has 1 unspecified atom stereocenters. The maximum atomic E-state index is 6.19. The molecule has 0 aromatic carbocycles. The average Bonchev–Trinajstić information content (AvgIpc) is 2.84. The number of rotatable bonds is 6. The fraction of sp³-hybridized carbons (Fsp3) is 1.00. The Balaban J connectivity index is 1.91. The largest absolute Gasteiger partial charge is 0.378 e. The van der Waals surface area contributed by atoms with Gasteiger partial charge in [0.05, 0.1) is 6.10 Å². The molecule has 0 radical (unpaired) electrons. The molecular weight excluding hydrogens is 236 g/mol. The summed E-state index contributed by atoms with van der Waals surface area (Å²) in [7, 11) is 0. The lowest BCUT2D eigenvalue weighted by molar-refractivity contribution is 0.0493. The summed E-state index contributed by atoms with van der Waals surface area (Å²) in [5.74, 6) is 0. The molecule has 0 aromatic rings. The topological polar surface area (TPSA) is 38.5 Å². The van der Waals surface area contributed by atoms with Crippen molar-refractivity contribution < 1.29 is 4.74 Å². The SMILES string of the molecule is CCN(CCC1CCCO1)C1(CN)CCCCCC1. The molecule has 1 heterocycles. The predicted molar refractivity (Wildman–Crippen MR) is 80.3 cm³/mol. The van der Waals surface area contributed by atoms with Crippen molar-refractivity contribution in [3.8, 4) is 0 Å². The van der Waals surface area contributed by atoms with Crippen LogP contribution in [0.1, 0.15) is 64.7 Å². The number of hydrogen-bond acceptors (Lipinski definition) is 3. The van der Waals surface area contributed by atoms with Gasteiger partial charge in [-0.3, -0.25) is 4.90 Å². The summed E-state index contributed by atoms with van der Waals surface area (Å²) in [6, 6.07) is 0. The number of nitrogens with zero attached hydrogens (tertiary/aromatic N) is 1. The van der Waals surface area contributed by atoms with Crippen molar-refractivity contribution in [2.24, 2.45) is 5.73 Å². The van der Waals surface area contributed by atoms with E-state index in [1.165, 1.54) is 64.3 Å². The first kappa shape index (κ1) is 15.3. The Kier molecular flexibility index (Phi) is 6.11. The van der Waals surface area contributed by atoms with Gasteiger partial charge in [-0.05, 0) is 38.6 Å². The minimum atomic E-state index is 0.282. The van der Waals surface area contributed by atoms with Gasteiger partial charge in [0, 0.05) is 25.2 Å². The zero-order valence-electron chi connectivity index (χ0n) is 12.7. The lowest BCUT2D eigenvalue weighted by atomic mass is 9.87. The molecule has 2 N–H and O–H groups in total. The molecule has 0 bridgehead atoms. The van der Waals surface area contributed by atoms with Crippen molar-refractivity contribution in [2.45, 2.75) is 76.4 Å². The third kappa shape index (κ3) is 3.93. The van der Waals surface area contributed by atoms with Crippen LogP contribution >= 0.6 is 0 Å². The smallest absolute Gasteiger partial charge is 0.0588 e. The fourth-order valence-corrected chi connectivity index (χ4v) is 3.94. The third-order valence-electron chi connectivity index (χ3n) is 5.21. The summed E-state index contributed by atoms with van der Waals surface area (Å²) in [4.78, 5) is 2.67. The Labute approximate surface area is 118 Å². The van der Waals surface area contributed by atoms with Crippen LogP contribution in [0.4, 0.5) is 0 Å². The minimum Gasteiger partial charge on any atom is -0.378 e. The molecule has 1 aliphatic carbocycles. The van der Waals surface area contributed by atoms with Crippen LogP contribution in [0, 0.1) is 0 Å². The summed E-state index contributed by atoms with van der Waals surface area (Å²) >= 11 is 0. The first-order valence-corrected chi connectivity index (χ1v) is 8.37. The van der Waals surface area contributed by atoms with Crippen LogP contribution < -0.4 is 5.73 Å². The Morgan fingerprint density at radius 2 is 1.89 bits per heavy atom. The van der Waals surface area contributed by atoms with E-state index in [9.17, 15) is 0 Å². The van der Waals surface area contributed by atoms with Gasteiger partial charge in [-0.25, -0.2) is 0 Å². The highest BCUT2D eigenvalue weighted by Gasteiger charge is 2.35. The van der Waals surface area contributed by atoms with Crippen LogP contribution in [-0.4, -0.2) is 42.8 Å². The Morgan fingerprint density at radius 1 is 1.16 bits per heavy atom. The van der Waals surface area contributed by atoms with Gasteiger partial charge < -0.3 is 10.5 Å². The third-order valence-corrected chi connectivity index (χ3v) is 5.21. The number of hydrogen-bond donors (Lipinski definition) is 1. The summed E-state index contributed by atoms with van der Waals surface area (Å²) in [5, 5.41) is 0. The number of ether oxygens (including phenoxy) is 1. The predicted octanol–water partition coefficient (Wildman–Crippen LogP) is 2.93. The van der Waals surface area contributed by atoms with Crippen molar-refractivity contribution in [2.75, 3.05) is 26.2 Å². The van der Waals surface area contributed by atoms with E-state index < -0.39 is 0 Å². The van der Waals surface area contributed by atoms with Gasteiger partial charge in [-0.1, -0.05) is 32.6 Å². The second-order valence-corrected chi connectivity index (χ2v) is 6.35. The van der Waals surface area contributed by atoms with E-state index in [1.807, 2.05) is 0 Å². The molecule has 1 saturated carbocycles. The van der Waals surface area contributed by atoms with Gasteiger partial charge in [0.1, 0.15) is 0 Å². The van der Waals surface area contributed by atoms with E-state index in [4.69, 9.17) is 10.5 Å². The molecule has 0 spiro atoms. The molecule has 2 aliphatic rings. The van der Waals surface area contributed by atoms with Crippen LogP contribution in [0.15, 0.2) is 0 Å². The summed E-state index contributed by atoms with van der Waals surface area (Å²) in [6.07, 6.45) is 12.3. The molecule has 112 valence electrons. The summed E-state index contributed by atoms with van der Waals surface area (Å²) < 4.78 is 5.77. The molecule has 2 rings (SSSR count). The Morgan fingerprint density at radius 3 is 2.42 bits per heavy atom. The molecule has 19 heavy (non-hydrogen) atoms. The normalized spacial score (nSPS) is 27.6. The summed E-state index contributed by atoms with van der Waals surface area (Å²) in [6.45, 7) is 6.38. The second-order valence-electron chi connectivity index (χ2n) is 6.35. The molecule has 0 amide bonds. The van der Waals surface area contributed by atoms with Crippen LogP contribution in [0.5, 0.6) is 0 Å². The quantitative estimate of drug-likeness (QED) is 0.753. The minimum absolute atomic E-state index is 0.282. The maximum absolute atomic E-state index is 6.19. The van der Waals surface area contributed by atoms with E-state index in [0.29, 0.717) is 6.10 Å². The Hall–Kier alpha value is -0.120. The zero-order valence-corrected chi connectivity index (χ0v) is 12.7. The van der Waals surface area contributed by atoms with E-state index in [2.05, 4.69) is 11.8 Å². The molecule has 2 fully saturated rings. The van der Waals surface area contributed by atoms with Gasteiger partial charge in [0.2, 0.25) is 0 Å². The first-order chi connectivity index (χ1) is 9.30. The summed E-state index contributed by atoms with van der Waals surface area (Å²) in [5.41, 5.74) is 6.48.